The van der Waals surface area contributed by atoms with Crippen LogP contribution in [0.25, 0.3) is 0 Å². The summed E-state index contributed by atoms with van der Waals surface area (Å²) in [6.45, 7) is 3.13. The van der Waals surface area contributed by atoms with Crippen LogP contribution in [0.3, 0.4) is 0 Å². The molecule has 0 aliphatic heterocycles. The standard InChI is InChI=1S/C11H17N3O3/c1-9-7-10(14(15)16)11(13-8-9)12-5-3-4-6-17-2/h7-8H,3-6H2,1-2H3,(H,12,13). The Hall–Kier alpha value is -1.69. The van der Waals surface area contributed by atoms with E-state index in [-0.39, 0.29) is 5.69 Å². The first-order chi connectivity index (χ1) is 8.15. The van der Waals surface area contributed by atoms with Crippen molar-refractivity contribution >= 4 is 11.5 Å². The van der Waals surface area contributed by atoms with E-state index in [2.05, 4.69) is 10.3 Å². The Labute approximate surface area is 100 Å². The van der Waals surface area contributed by atoms with Crippen LogP contribution in [0.5, 0.6) is 0 Å². The van der Waals surface area contributed by atoms with Crippen LogP contribution in [0.4, 0.5) is 11.5 Å². The summed E-state index contributed by atoms with van der Waals surface area (Å²) >= 11 is 0. The van der Waals surface area contributed by atoms with Crippen molar-refractivity contribution in [3.05, 3.63) is 27.9 Å². The van der Waals surface area contributed by atoms with Gasteiger partial charge in [-0.25, -0.2) is 4.98 Å². The van der Waals surface area contributed by atoms with E-state index in [1.54, 1.807) is 20.2 Å². The number of unbranched alkanes of at least 4 members (excludes halogenated alkanes) is 1. The molecular formula is C11H17N3O3. The van der Waals surface area contributed by atoms with Gasteiger partial charge in [0.25, 0.3) is 0 Å². The maximum Gasteiger partial charge on any atom is 0.311 e. The summed E-state index contributed by atoms with van der Waals surface area (Å²) in [5.41, 5.74) is 0.804. The molecule has 1 heterocycles. The summed E-state index contributed by atoms with van der Waals surface area (Å²) in [4.78, 5) is 14.4. The van der Waals surface area contributed by atoms with E-state index in [9.17, 15) is 10.1 Å². The lowest BCUT2D eigenvalue weighted by Crippen LogP contribution is -2.07. The molecule has 0 aromatic carbocycles. The minimum Gasteiger partial charge on any atom is -0.385 e. The number of nitro groups is 1. The molecule has 1 rings (SSSR count). The molecule has 0 aliphatic rings. The Morgan fingerprint density at radius 3 is 2.94 bits per heavy atom. The zero-order valence-electron chi connectivity index (χ0n) is 10.1. The van der Waals surface area contributed by atoms with Crippen molar-refractivity contribution in [3.63, 3.8) is 0 Å². The fourth-order valence-electron chi connectivity index (χ4n) is 1.41. The first kappa shape index (κ1) is 13.4. The molecule has 0 bridgehead atoms. The van der Waals surface area contributed by atoms with Crippen LogP contribution in [-0.2, 0) is 4.74 Å². The molecule has 0 spiro atoms. The predicted molar refractivity (Wildman–Crippen MR) is 65.2 cm³/mol. The minimum absolute atomic E-state index is 0.0248. The molecule has 6 heteroatoms. The molecule has 0 fully saturated rings. The number of aryl methyl sites for hydroxylation is 1. The van der Waals surface area contributed by atoms with Crippen LogP contribution in [0.1, 0.15) is 18.4 Å². The van der Waals surface area contributed by atoms with Gasteiger partial charge in [-0.15, -0.1) is 0 Å². The van der Waals surface area contributed by atoms with Crippen LogP contribution < -0.4 is 5.32 Å². The summed E-state index contributed by atoms with van der Waals surface area (Å²) in [6, 6.07) is 1.52. The molecule has 0 radical (unpaired) electrons. The van der Waals surface area contributed by atoms with E-state index in [0.717, 1.165) is 18.4 Å². The van der Waals surface area contributed by atoms with Crippen molar-refractivity contribution in [1.29, 1.82) is 0 Å². The van der Waals surface area contributed by atoms with Crippen molar-refractivity contribution in [3.8, 4) is 0 Å². The fraction of sp³-hybridized carbons (Fsp3) is 0.545. The SMILES string of the molecule is COCCCCNc1ncc(C)cc1[N+](=O)[O-]. The van der Waals surface area contributed by atoms with E-state index in [1.807, 2.05) is 0 Å². The second-order valence-electron chi connectivity index (χ2n) is 3.76. The van der Waals surface area contributed by atoms with Crippen LogP contribution in [0, 0.1) is 17.0 Å². The fourth-order valence-corrected chi connectivity index (χ4v) is 1.41. The molecule has 1 N–H and O–H groups in total. The summed E-state index contributed by atoms with van der Waals surface area (Å²) in [7, 11) is 1.65. The average molecular weight is 239 g/mol. The molecule has 0 saturated carbocycles. The van der Waals surface area contributed by atoms with Crippen LogP contribution >= 0.6 is 0 Å². The third-order valence-electron chi connectivity index (χ3n) is 2.27. The Kier molecular flexibility index (Phi) is 5.35. The maximum absolute atomic E-state index is 10.8. The van der Waals surface area contributed by atoms with E-state index in [4.69, 9.17) is 4.74 Å². The lowest BCUT2D eigenvalue weighted by atomic mass is 10.2. The molecule has 94 valence electrons. The van der Waals surface area contributed by atoms with Gasteiger partial charge in [0.05, 0.1) is 4.92 Å². The van der Waals surface area contributed by atoms with Gasteiger partial charge in [-0.3, -0.25) is 10.1 Å². The molecular weight excluding hydrogens is 222 g/mol. The number of anilines is 1. The minimum atomic E-state index is -0.419. The van der Waals surface area contributed by atoms with Crippen molar-refractivity contribution in [2.24, 2.45) is 0 Å². The molecule has 0 atom stereocenters. The summed E-state index contributed by atoms with van der Waals surface area (Å²) in [5, 5.41) is 13.8. The van der Waals surface area contributed by atoms with Gasteiger partial charge < -0.3 is 10.1 Å². The number of methoxy groups -OCH3 is 1. The van der Waals surface area contributed by atoms with E-state index in [1.165, 1.54) is 6.07 Å². The Morgan fingerprint density at radius 1 is 1.53 bits per heavy atom. The quantitative estimate of drug-likeness (QED) is 0.448. The summed E-state index contributed by atoms with van der Waals surface area (Å²) in [5.74, 6) is 0.331. The highest BCUT2D eigenvalue weighted by atomic mass is 16.6. The van der Waals surface area contributed by atoms with Crippen molar-refractivity contribution in [1.82, 2.24) is 4.98 Å². The number of nitrogens with zero attached hydrogens (tertiary/aromatic N) is 2. The van der Waals surface area contributed by atoms with Crippen molar-refractivity contribution < 1.29 is 9.66 Å². The van der Waals surface area contributed by atoms with Crippen LogP contribution in [-0.4, -0.2) is 30.2 Å². The topological polar surface area (TPSA) is 77.3 Å². The molecule has 1 aromatic rings. The maximum atomic E-state index is 10.8. The number of nitrogens with one attached hydrogen (secondary N) is 1. The zero-order valence-corrected chi connectivity index (χ0v) is 10.1. The highest BCUT2D eigenvalue weighted by Crippen LogP contribution is 2.22. The van der Waals surface area contributed by atoms with Gasteiger partial charge >= 0.3 is 5.69 Å². The zero-order chi connectivity index (χ0) is 12.7. The Balaban J connectivity index is 2.55. The molecule has 0 aliphatic carbocycles. The van der Waals surface area contributed by atoms with Gasteiger partial charge in [-0.2, -0.15) is 0 Å². The largest absolute Gasteiger partial charge is 0.385 e. The molecule has 6 nitrogen and oxygen atoms in total. The monoisotopic (exact) mass is 239 g/mol. The molecule has 0 saturated heterocycles. The van der Waals surface area contributed by atoms with Crippen molar-refractivity contribution in [2.75, 3.05) is 25.6 Å². The number of hydrogen-bond donors (Lipinski definition) is 1. The first-order valence-corrected chi connectivity index (χ1v) is 5.49. The number of ether oxygens (including phenoxy) is 1. The third kappa shape index (κ3) is 4.36. The van der Waals surface area contributed by atoms with Gasteiger partial charge in [0, 0.05) is 32.5 Å². The highest BCUT2D eigenvalue weighted by Gasteiger charge is 2.14. The normalized spacial score (nSPS) is 10.2. The van der Waals surface area contributed by atoms with Gasteiger partial charge in [0.1, 0.15) is 0 Å². The van der Waals surface area contributed by atoms with E-state index >= 15 is 0 Å². The molecule has 0 amide bonds. The van der Waals surface area contributed by atoms with Gasteiger partial charge in [-0.05, 0) is 25.3 Å². The van der Waals surface area contributed by atoms with E-state index < -0.39 is 4.92 Å². The summed E-state index contributed by atoms with van der Waals surface area (Å²) in [6.07, 6.45) is 3.42. The average Bonchev–Trinajstić information content (AvgIpc) is 2.30. The molecule has 0 unspecified atom stereocenters. The lowest BCUT2D eigenvalue weighted by molar-refractivity contribution is -0.384. The number of pyridine rings is 1. The molecule has 17 heavy (non-hydrogen) atoms. The summed E-state index contributed by atoms with van der Waals surface area (Å²) < 4.78 is 4.92. The Morgan fingerprint density at radius 2 is 2.29 bits per heavy atom. The number of rotatable bonds is 7. The predicted octanol–water partition coefficient (Wildman–Crippen LogP) is 2.14. The van der Waals surface area contributed by atoms with Gasteiger partial charge in [-0.1, -0.05) is 0 Å². The first-order valence-electron chi connectivity index (χ1n) is 5.49. The second-order valence-corrected chi connectivity index (χ2v) is 3.76. The lowest BCUT2D eigenvalue weighted by Gasteiger charge is -2.06. The number of aromatic nitrogens is 1. The number of hydrogen-bond acceptors (Lipinski definition) is 5. The van der Waals surface area contributed by atoms with Crippen LogP contribution in [0.15, 0.2) is 12.3 Å². The second kappa shape index (κ2) is 6.80. The smallest absolute Gasteiger partial charge is 0.311 e. The van der Waals surface area contributed by atoms with Gasteiger partial charge in [0.2, 0.25) is 5.82 Å². The van der Waals surface area contributed by atoms with Gasteiger partial charge in [0.15, 0.2) is 0 Å². The Bertz CT molecular complexity index is 382. The molecule has 1 aromatic heterocycles. The van der Waals surface area contributed by atoms with E-state index in [0.29, 0.717) is 19.0 Å². The third-order valence-corrected chi connectivity index (χ3v) is 2.27. The highest BCUT2D eigenvalue weighted by molar-refractivity contribution is 5.56. The van der Waals surface area contributed by atoms with Crippen molar-refractivity contribution in [2.45, 2.75) is 19.8 Å². The van der Waals surface area contributed by atoms with Crippen LogP contribution in [0.2, 0.25) is 0 Å².